The summed E-state index contributed by atoms with van der Waals surface area (Å²) in [6.45, 7) is 2.96. The maximum absolute atomic E-state index is 15.4. The summed E-state index contributed by atoms with van der Waals surface area (Å²) in [6, 6.07) is 7.22. The van der Waals surface area contributed by atoms with Gasteiger partial charge in [-0.05, 0) is 85.5 Å². The minimum atomic E-state index is -1.49. The molecule has 2 aliphatic rings. The zero-order chi connectivity index (χ0) is 24.5. The third-order valence-corrected chi connectivity index (χ3v) is 7.10. The van der Waals surface area contributed by atoms with Gasteiger partial charge in [0.25, 0.3) is 0 Å². The number of piperidine rings is 1. The molecule has 2 aromatic carbocycles. The van der Waals surface area contributed by atoms with Crippen LogP contribution in [0.1, 0.15) is 71.6 Å². The first-order valence-corrected chi connectivity index (χ1v) is 11.9. The molecule has 2 fully saturated rings. The highest BCUT2D eigenvalue weighted by atomic mass is 35.5. The Labute approximate surface area is 203 Å². The average Bonchev–Trinajstić information content (AvgIpc) is 3.63. The minimum Gasteiger partial charge on any atom is -0.465 e. The fourth-order valence-electron chi connectivity index (χ4n) is 4.62. The minimum absolute atomic E-state index is 0.0811. The monoisotopic (exact) mass is 495 g/mol. The molecular weight excluding hydrogens is 467 g/mol. The third-order valence-electron chi connectivity index (χ3n) is 6.88. The van der Waals surface area contributed by atoms with Crippen LogP contribution >= 0.6 is 11.6 Å². The maximum atomic E-state index is 15.4. The van der Waals surface area contributed by atoms with Gasteiger partial charge in [0.05, 0.1) is 25.9 Å². The smallest absolute Gasteiger partial charge is 0.340 e. The SMILES string of the molecule is COC(=O)c1cc(C2CC2)c(COCC2(F)CCN([C@H](C)c3cc(F)cc(Cl)c3)CC2)cc1F. The summed E-state index contributed by atoms with van der Waals surface area (Å²) >= 11 is 5.98. The van der Waals surface area contributed by atoms with Crippen molar-refractivity contribution < 1.29 is 27.4 Å². The van der Waals surface area contributed by atoms with Crippen LogP contribution in [0.5, 0.6) is 0 Å². The van der Waals surface area contributed by atoms with E-state index in [1.54, 1.807) is 12.1 Å². The van der Waals surface area contributed by atoms with Crippen molar-refractivity contribution in [2.75, 3.05) is 26.8 Å². The fourth-order valence-corrected chi connectivity index (χ4v) is 4.85. The molecule has 0 bridgehead atoms. The van der Waals surface area contributed by atoms with Crippen LogP contribution in [0.2, 0.25) is 5.02 Å². The van der Waals surface area contributed by atoms with Crippen molar-refractivity contribution in [3.63, 3.8) is 0 Å². The molecule has 1 heterocycles. The van der Waals surface area contributed by atoms with Gasteiger partial charge in [0, 0.05) is 24.2 Å². The Morgan fingerprint density at radius 3 is 2.50 bits per heavy atom. The van der Waals surface area contributed by atoms with E-state index in [1.165, 1.54) is 25.3 Å². The number of likely N-dealkylation sites (tertiary alicyclic amines) is 1. The van der Waals surface area contributed by atoms with Gasteiger partial charge in [-0.25, -0.2) is 18.0 Å². The first-order valence-electron chi connectivity index (χ1n) is 11.6. The van der Waals surface area contributed by atoms with Crippen LogP contribution in [0.25, 0.3) is 0 Å². The predicted molar refractivity (Wildman–Crippen MR) is 124 cm³/mol. The highest BCUT2D eigenvalue weighted by Gasteiger charge is 2.37. The van der Waals surface area contributed by atoms with Crippen LogP contribution in [-0.2, 0) is 16.1 Å². The number of ether oxygens (including phenoxy) is 2. The number of halogens is 4. The van der Waals surface area contributed by atoms with Gasteiger partial charge in [-0.2, -0.15) is 0 Å². The highest BCUT2D eigenvalue weighted by Crippen LogP contribution is 2.43. The molecule has 0 unspecified atom stereocenters. The predicted octanol–water partition coefficient (Wildman–Crippen LogP) is 6.36. The average molecular weight is 496 g/mol. The number of methoxy groups -OCH3 is 1. The zero-order valence-corrected chi connectivity index (χ0v) is 20.1. The molecule has 0 radical (unpaired) electrons. The van der Waals surface area contributed by atoms with Crippen molar-refractivity contribution in [1.82, 2.24) is 4.90 Å². The van der Waals surface area contributed by atoms with E-state index in [0.717, 1.165) is 24.0 Å². The molecule has 4 rings (SSSR count). The topological polar surface area (TPSA) is 38.8 Å². The van der Waals surface area contributed by atoms with Gasteiger partial charge in [-0.1, -0.05) is 11.6 Å². The number of benzene rings is 2. The molecule has 4 nitrogen and oxygen atoms in total. The van der Waals surface area contributed by atoms with Crippen LogP contribution in [-0.4, -0.2) is 43.3 Å². The summed E-state index contributed by atoms with van der Waals surface area (Å²) < 4.78 is 54.0. The van der Waals surface area contributed by atoms with E-state index in [2.05, 4.69) is 9.64 Å². The van der Waals surface area contributed by atoms with Crippen LogP contribution < -0.4 is 0 Å². The quantitative estimate of drug-likeness (QED) is 0.399. The van der Waals surface area contributed by atoms with Gasteiger partial charge < -0.3 is 9.47 Å². The number of hydrogen-bond donors (Lipinski definition) is 0. The van der Waals surface area contributed by atoms with E-state index in [9.17, 15) is 13.6 Å². The number of hydrogen-bond acceptors (Lipinski definition) is 4. The van der Waals surface area contributed by atoms with Gasteiger partial charge in [0.15, 0.2) is 0 Å². The molecule has 184 valence electrons. The van der Waals surface area contributed by atoms with Gasteiger partial charge >= 0.3 is 5.97 Å². The Balaban J connectivity index is 1.34. The molecular formula is C26H29ClF3NO3. The second kappa shape index (κ2) is 10.3. The van der Waals surface area contributed by atoms with Gasteiger partial charge in [0.1, 0.15) is 17.3 Å². The second-order valence-corrected chi connectivity index (χ2v) is 9.79. The number of nitrogens with zero attached hydrogens (tertiary/aromatic N) is 1. The lowest BCUT2D eigenvalue weighted by molar-refractivity contribution is -0.0367. The number of rotatable bonds is 8. The Morgan fingerprint density at radius 2 is 1.88 bits per heavy atom. The number of carbonyl (C=O) groups is 1. The standard InChI is InChI=1S/C26H29ClF3NO3/c1-16(18-9-20(27)12-21(28)10-18)31-7-5-26(30,6-8-31)15-34-14-19-11-24(29)23(25(32)33-2)13-22(19)17-3-4-17/h9-13,16-17H,3-8,14-15H2,1-2H3/t16-/m1/s1. The molecule has 0 spiro atoms. The lowest BCUT2D eigenvalue weighted by Gasteiger charge is -2.39. The third kappa shape index (κ3) is 5.75. The summed E-state index contributed by atoms with van der Waals surface area (Å²) in [5.74, 6) is -1.50. The van der Waals surface area contributed by atoms with Crippen LogP contribution in [0.4, 0.5) is 13.2 Å². The maximum Gasteiger partial charge on any atom is 0.340 e. The molecule has 2 aromatic rings. The molecule has 1 saturated carbocycles. The van der Waals surface area contributed by atoms with Crippen molar-refractivity contribution >= 4 is 17.6 Å². The first-order chi connectivity index (χ1) is 16.2. The van der Waals surface area contributed by atoms with Crippen molar-refractivity contribution in [3.8, 4) is 0 Å². The second-order valence-electron chi connectivity index (χ2n) is 9.36. The zero-order valence-electron chi connectivity index (χ0n) is 19.4. The number of carbonyl (C=O) groups excluding carboxylic acids is 1. The van der Waals surface area contributed by atoms with Crippen LogP contribution in [0.3, 0.4) is 0 Å². The van der Waals surface area contributed by atoms with Crippen LogP contribution in [0.15, 0.2) is 30.3 Å². The molecule has 1 aliphatic heterocycles. The molecule has 0 N–H and O–H groups in total. The molecule has 1 aliphatic carbocycles. The van der Waals surface area contributed by atoms with Crippen molar-refractivity contribution in [3.05, 3.63) is 69.2 Å². The normalized spacial score (nSPS) is 19.1. The fraction of sp³-hybridized carbons (Fsp3) is 0.500. The number of alkyl halides is 1. The van der Waals surface area contributed by atoms with E-state index in [-0.39, 0.29) is 49.4 Å². The number of esters is 1. The summed E-state index contributed by atoms with van der Waals surface area (Å²) in [6.07, 6.45) is 2.50. The summed E-state index contributed by atoms with van der Waals surface area (Å²) in [5.41, 5.74) is 0.700. The van der Waals surface area contributed by atoms with E-state index < -0.39 is 17.5 Å². The largest absolute Gasteiger partial charge is 0.465 e. The highest BCUT2D eigenvalue weighted by molar-refractivity contribution is 6.30. The van der Waals surface area contributed by atoms with E-state index in [1.807, 2.05) is 6.92 Å². The Bertz CT molecular complexity index is 1030. The van der Waals surface area contributed by atoms with E-state index in [0.29, 0.717) is 23.7 Å². The Kier molecular flexibility index (Phi) is 7.55. The molecule has 1 atom stereocenters. The van der Waals surface area contributed by atoms with E-state index >= 15 is 4.39 Å². The molecule has 0 aromatic heterocycles. The van der Waals surface area contributed by atoms with Gasteiger partial charge in [-0.3, -0.25) is 4.90 Å². The van der Waals surface area contributed by atoms with Gasteiger partial charge in [0.2, 0.25) is 0 Å². The van der Waals surface area contributed by atoms with Crippen molar-refractivity contribution in [2.24, 2.45) is 0 Å². The summed E-state index contributed by atoms with van der Waals surface area (Å²) in [4.78, 5) is 13.9. The first kappa shape index (κ1) is 25.0. The summed E-state index contributed by atoms with van der Waals surface area (Å²) in [7, 11) is 1.22. The summed E-state index contributed by atoms with van der Waals surface area (Å²) in [5, 5.41) is 0.341. The van der Waals surface area contributed by atoms with Gasteiger partial charge in [-0.15, -0.1) is 0 Å². The molecule has 1 saturated heterocycles. The lowest BCUT2D eigenvalue weighted by atomic mass is 9.92. The van der Waals surface area contributed by atoms with Crippen LogP contribution in [0, 0.1) is 11.6 Å². The Morgan fingerprint density at radius 1 is 1.18 bits per heavy atom. The van der Waals surface area contributed by atoms with Crippen molar-refractivity contribution in [1.29, 1.82) is 0 Å². The molecule has 34 heavy (non-hydrogen) atoms. The Hall–Kier alpha value is -2.09. The molecule has 8 heteroatoms. The molecule has 0 amide bonds. The lowest BCUT2D eigenvalue weighted by Crippen LogP contribution is -2.45. The van der Waals surface area contributed by atoms with E-state index in [4.69, 9.17) is 16.3 Å². The van der Waals surface area contributed by atoms with Crippen molar-refractivity contribution in [2.45, 2.75) is 56.8 Å².